The van der Waals surface area contributed by atoms with Crippen molar-refractivity contribution in [1.82, 2.24) is 5.32 Å². The number of benzene rings is 3. The van der Waals surface area contributed by atoms with Gasteiger partial charge in [0.1, 0.15) is 5.70 Å². The minimum absolute atomic E-state index is 0.125. The minimum Gasteiger partial charge on any atom is -0.545 e. The fraction of sp³-hybridized carbons (Fsp3) is 0. The highest BCUT2D eigenvalue weighted by molar-refractivity contribution is 6.34. The van der Waals surface area contributed by atoms with Crippen LogP contribution in [0.1, 0.15) is 26.3 Å². The molecule has 3 rings (SSSR count). The zero-order valence-electron chi connectivity index (χ0n) is 16.8. The van der Waals surface area contributed by atoms with Crippen molar-refractivity contribution in [1.29, 1.82) is 0 Å². The van der Waals surface area contributed by atoms with Crippen molar-refractivity contribution < 1.29 is 24.4 Å². The number of hydrogen-bond donors (Lipinski definition) is 2. The molecule has 3 aromatic rings. The molecule has 0 spiro atoms. The summed E-state index contributed by atoms with van der Waals surface area (Å²) in [7, 11) is 0. The normalized spacial score (nSPS) is 10.9. The molecule has 10 heteroatoms. The fourth-order valence-electron chi connectivity index (χ4n) is 2.77. The Morgan fingerprint density at radius 1 is 0.939 bits per heavy atom. The molecule has 0 aliphatic rings. The Labute approximate surface area is 192 Å². The van der Waals surface area contributed by atoms with Crippen molar-refractivity contribution in [3.8, 4) is 0 Å². The van der Waals surface area contributed by atoms with E-state index in [1.807, 2.05) is 0 Å². The molecule has 0 atom stereocenters. The van der Waals surface area contributed by atoms with Crippen molar-refractivity contribution in [2.45, 2.75) is 0 Å². The molecule has 33 heavy (non-hydrogen) atoms. The lowest BCUT2D eigenvalue weighted by molar-refractivity contribution is -0.384. The number of non-ortho nitro benzene ring substituents is 1. The number of carboxylic acids is 1. The monoisotopic (exact) mass is 464 g/mol. The number of rotatable bonds is 7. The van der Waals surface area contributed by atoms with Crippen LogP contribution in [0.15, 0.2) is 78.5 Å². The smallest absolute Gasteiger partial charge is 0.272 e. The van der Waals surface area contributed by atoms with Gasteiger partial charge in [-0.05, 0) is 53.6 Å². The van der Waals surface area contributed by atoms with Crippen LogP contribution < -0.4 is 15.7 Å². The Morgan fingerprint density at radius 3 is 2.27 bits per heavy atom. The molecule has 0 bridgehead atoms. The second-order valence-corrected chi connectivity index (χ2v) is 7.07. The molecule has 0 saturated heterocycles. The summed E-state index contributed by atoms with van der Waals surface area (Å²) in [5.41, 5.74) is 0.191. The zero-order valence-corrected chi connectivity index (χ0v) is 17.5. The molecule has 166 valence electrons. The van der Waals surface area contributed by atoms with Crippen LogP contribution in [0.3, 0.4) is 0 Å². The summed E-state index contributed by atoms with van der Waals surface area (Å²) < 4.78 is 0. The van der Waals surface area contributed by atoms with Gasteiger partial charge in [0.2, 0.25) is 0 Å². The number of halogens is 1. The maximum atomic E-state index is 12.9. The van der Waals surface area contributed by atoms with Crippen LogP contribution in [0.2, 0.25) is 5.02 Å². The molecule has 2 amide bonds. The Hall–Kier alpha value is -4.50. The number of nitro groups is 1. The highest BCUT2D eigenvalue weighted by Gasteiger charge is 2.17. The van der Waals surface area contributed by atoms with E-state index in [1.54, 1.807) is 12.1 Å². The number of carbonyl (C=O) groups excluding carboxylic acids is 3. The standard InChI is InChI=1S/C23H16ClN3O6/c24-19-7-2-1-6-18(19)21(28)26-20(12-14-8-10-17(11-9-14)27(32)33)22(29)25-16-5-3-4-15(13-16)23(30)31/h1-13H,(H,25,29)(H,26,28)(H,30,31)/p-1/b20-12+. The SMILES string of the molecule is O=C(Nc1cccc(C(=O)[O-])c1)/C(=C\c1ccc([N+](=O)[O-])cc1)NC(=O)c1ccccc1Cl. The predicted octanol–water partition coefficient (Wildman–Crippen LogP) is 3.02. The van der Waals surface area contributed by atoms with Gasteiger partial charge in [-0.25, -0.2) is 0 Å². The van der Waals surface area contributed by atoms with Crippen LogP contribution in [-0.4, -0.2) is 22.7 Å². The molecule has 0 fully saturated rings. The van der Waals surface area contributed by atoms with Crippen LogP contribution in [0.4, 0.5) is 11.4 Å². The first kappa shape index (κ1) is 23.2. The predicted molar refractivity (Wildman–Crippen MR) is 119 cm³/mol. The quantitative estimate of drug-likeness (QED) is 0.312. The Bertz CT molecular complexity index is 1270. The van der Waals surface area contributed by atoms with Gasteiger partial charge < -0.3 is 20.5 Å². The number of nitro benzene ring substituents is 1. The number of carboxylic acid groups (broad SMARTS) is 1. The summed E-state index contributed by atoms with van der Waals surface area (Å²) in [6.45, 7) is 0. The van der Waals surface area contributed by atoms with E-state index in [1.165, 1.54) is 66.7 Å². The summed E-state index contributed by atoms with van der Waals surface area (Å²) in [5.74, 6) is -2.84. The number of nitrogens with zero attached hydrogens (tertiary/aromatic N) is 1. The molecule has 2 N–H and O–H groups in total. The molecule has 0 aromatic heterocycles. The van der Waals surface area contributed by atoms with Crippen molar-refractivity contribution in [3.63, 3.8) is 0 Å². The van der Waals surface area contributed by atoms with E-state index in [9.17, 15) is 29.6 Å². The number of carbonyl (C=O) groups is 3. The van der Waals surface area contributed by atoms with E-state index in [0.29, 0.717) is 5.56 Å². The third-order valence-corrected chi connectivity index (χ3v) is 4.71. The largest absolute Gasteiger partial charge is 0.545 e. The summed E-state index contributed by atoms with van der Waals surface area (Å²) in [6.07, 6.45) is 1.32. The van der Waals surface area contributed by atoms with Crippen LogP contribution >= 0.6 is 11.6 Å². The second kappa shape index (κ2) is 10.2. The minimum atomic E-state index is -1.42. The Balaban J connectivity index is 1.93. The summed E-state index contributed by atoms with van der Waals surface area (Å²) in [5, 5.41) is 27.1. The summed E-state index contributed by atoms with van der Waals surface area (Å²) >= 11 is 6.06. The molecule has 0 aliphatic carbocycles. The molecular formula is C23H15ClN3O6-. The van der Waals surface area contributed by atoms with E-state index >= 15 is 0 Å². The third kappa shape index (κ3) is 6.02. The first-order valence-electron chi connectivity index (χ1n) is 9.39. The van der Waals surface area contributed by atoms with Crippen molar-refractivity contribution in [2.24, 2.45) is 0 Å². The fourth-order valence-corrected chi connectivity index (χ4v) is 3.00. The first-order chi connectivity index (χ1) is 15.7. The van der Waals surface area contributed by atoms with Gasteiger partial charge in [0.05, 0.1) is 21.5 Å². The second-order valence-electron chi connectivity index (χ2n) is 6.66. The highest BCUT2D eigenvalue weighted by atomic mass is 35.5. The van der Waals surface area contributed by atoms with Gasteiger partial charge in [-0.3, -0.25) is 19.7 Å². The Kier molecular flexibility index (Phi) is 7.17. The van der Waals surface area contributed by atoms with Crippen molar-refractivity contribution >= 4 is 46.8 Å². The average molecular weight is 465 g/mol. The van der Waals surface area contributed by atoms with E-state index in [2.05, 4.69) is 10.6 Å². The maximum absolute atomic E-state index is 12.9. The lowest BCUT2D eigenvalue weighted by Gasteiger charge is -2.13. The molecular weight excluding hydrogens is 450 g/mol. The van der Waals surface area contributed by atoms with E-state index in [-0.39, 0.29) is 33.2 Å². The number of aromatic carboxylic acids is 1. The number of hydrogen-bond acceptors (Lipinski definition) is 6. The van der Waals surface area contributed by atoms with Crippen LogP contribution in [-0.2, 0) is 4.79 Å². The summed E-state index contributed by atoms with van der Waals surface area (Å²) in [4.78, 5) is 47.0. The lowest BCUT2D eigenvalue weighted by atomic mass is 10.1. The average Bonchev–Trinajstić information content (AvgIpc) is 2.79. The number of anilines is 1. The van der Waals surface area contributed by atoms with Gasteiger partial charge in [-0.15, -0.1) is 0 Å². The van der Waals surface area contributed by atoms with Crippen LogP contribution in [0, 0.1) is 10.1 Å². The molecule has 0 unspecified atom stereocenters. The van der Waals surface area contributed by atoms with Crippen LogP contribution in [0.5, 0.6) is 0 Å². The van der Waals surface area contributed by atoms with Gasteiger partial charge >= 0.3 is 0 Å². The van der Waals surface area contributed by atoms with Gasteiger partial charge in [0, 0.05) is 17.8 Å². The van der Waals surface area contributed by atoms with Gasteiger partial charge in [0.25, 0.3) is 17.5 Å². The zero-order chi connectivity index (χ0) is 24.0. The molecule has 0 heterocycles. The highest BCUT2D eigenvalue weighted by Crippen LogP contribution is 2.18. The molecule has 3 aromatic carbocycles. The maximum Gasteiger partial charge on any atom is 0.272 e. The first-order valence-corrected chi connectivity index (χ1v) is 9.77. The van der Waals surface area contributed by atoms with Crippen molar-refractivity contribution in [3.05, 3.63) is 110 Å². The molecule has 0 radical (unpaired) electrons. The molecule has 0 aliphatic heterocycles. The van der Waals surface area contributed by atoms with Gasteiger partial charge in [-0.1, -0.05) is 35.9 Å². The Morgan fingerprint density at radius 2 is 1.64 bits per heavy atom. The third-order valence-electron chi connectivity index (χ3n) is 4.38. The van der Waals surface area contributed by atoms with E-state index < -0.39 is 22.7 Å². The lowest BCUT2D eigenvalue weighted by Crippen LogP contribution is -2.31. The van der Waals surface area contributed by atoms with Gasteiger partial charge in [-0.2, -0.15) is 0 Å². The van der Waals surface area contributed by atoms with E-state index in [4.69, 9.17) is 11.6 Å². The van der Waals surface area contributed by atoms with Crippen LogP contribution in [0.25, 0.3) is 6.08 Å². The topological polar surface area (TPSA) is 141 Å². The molecule has 0 saturated carbocycles. The van der Waals surface area contributed by atoms with Gasteiger partial charge in [0.15, 0.2) is 0 Å². The molecule has 9 nitrogen and oxygen atoms in total. The number of amides is 2. The van der Waals surface area contributed by atoms with Crippen molar-refractivity contribution in [2.75, 3.05) is 5.32 Å². The van der Waals surface area contributed by atoms with E-state index in [0.717, 1.165) is 0 Å². The number of nitrogens with one attached hydrogen (secondary N) is 2. The summed E-state index contributed by atoms with van der Waals surface area (Å²) in [6, 6.07) is 16.9.